The lowest BCUT2D eigenvalue weighted by atomic mass is 10.1. The van der Waals surface area contributed by atoms with Gasteiger partial charge in [-0.3, -0.25) is 4.79 Å². The summed E-state index contributed by atoms with van der Waals surface area (Å²) < 4.78 is 5.52. The van der Waals surface area contributed by atoms with Crippen molar-refractivity contribution in [3.05, 3.63) is 11.6 Å². The van der Waals surface area contributed by atoms with Crippen LogP contribution in [0.2, 0.25) is 0 Å². The minimum Gasteiger partial charge on any atom is -0.375 e. The Labute approximate surface area is 91.1 Å². The Morgan fingerprint density at radius 1 is 1.53 bits per heavy atom. The molecule has 0 aromatic carbocycles. The van der Waals surface area contributed by atoms with E-state index in [4.69, 9.17) is 4.74 Å². The first-order chi connectivity index (χ1) is 7.20. The standard InChI is InChI=1S/C12H19NO2/c1-9-10(2)15-8-7-13(9)12(14)11-5-3-4-6-11/h5,9-10H,3-4,6-8H2,1-2H3/t9-,10-/m1/s1. The molecule has 1 aliphatic heterocycles. The van der Waals surface area contributed by atoms with Crippen LogP contribution < -0.4 is 0 Å². The highest BCUT2D eigenvalue weighted by molar-refractivity contribution is 5.94. The lowest BCUT2D eigenvalue weighted by molar-refractivity contribution is -0.139. The van der Waals surface area contributed by atoms with Crippen LogP contribution in [0.1, 0.15) is 33.1 Å². The van der Waals surface area contributed by atoms with Crippen LogP contribution in [-0.4, -0.2) is 36.1 Å². The van der Waals surface area contributed by atoms with Crippen molar-refractivity contribution in [1.82, 2.24) is 4.90 Å². The molecule has 0 unspecified atom stereocenters. The van der Waals surface area contributed by atoms with Crippen molar-refractivity contribution in [3.63, 3.8) is 0 Å². The van der Waals surface area contributed by atoms with Gasteiger partial charge in [-0.15, -0.1) is 0 Å². The molecule has 1 heterocycles. The van der Waals surface area contributed by atoms with Gasteiger partial charge in [0.15, 0.2) is 0 Å². The minimum atomic E-state index is 0.157. The monoisotopic (exact) mass is 209 g/mol. The summed E-state index contributed by atoms with van der Waals surface area (Å²) in [5.41, 5.74) is 1.01. The van der Waals surface area contributed by atoms with E-state index >= 15 is 0 Å². The lowest BCUT2D eigenvalue weighted by Gasteiger charge is -2.38. The Morgan fingerprint density at radius 2 is 2.33 bits per heavy atom. The first-order valence-corrected chi connectivity index (χ1v) is 5.82. The maximum Gasteiger partial charge on any atom is 0.249 e. The number of carbonyl (C=O) groups excluding carboxylic acids is 1. The molecule has 15 heavy (non-hydrogen) atoms. The number of allylic oxidation sites excluding steroid dienone is 1. The second kappa shape index (κ2) is 4.35. The Morgan fingerprint density at radius 3 is 3.00 bits per heavy atom. The lowest BCUT2D eigenvalue weighted by Crippen LogP contribution is -2.51. The van der Waals surface area contributed by atoms with Crippen LogP contribution in [-0.2, 0) is 9.53 Å². The topological polar surface area (TPSA) is 29.5 Å². The first kappa shape index (κ1) is 10.7. The molecule has 0 saturated carbocycles. The van der Waals surface area contributed by atoms with Gasteiger partial charge in [-0.25, -0.2) is 0 Å². The van der Waals surface area contributed by atoms with Crippen LogP contribution >= 0.6 is 0 Å². The predicted molar refractivity (Wildman–Crippen MR) is 58.5 cm³/mol. The number of ether oxygens (including phenoxy) is 1. The largest absolute Gasteiger partial charge is 0.375 e. The smallest absolute Gasteiger partial charge is 0.249 e. The van der Waals surface area contributed by atoms with Gasteiger partial charge in [-0.2, -0.15) is 0 Å². The van der Waals surface area contributed by atoms with E-state index in [0.717, 1.165) is 31.4 Å². The molecular weight excluding hydrogens is 190 g/mol. The van der Waals surface area contributed by atoms with Gasteiger partial charge >= 0.3 is 0 Å². The number of morpholine rings is 1. The molecule has 2 rings (SSSR count). The van der Waals surface area contributed by atoms with Gasteiger partial charge in [0.1, 0.15) is 0 Å². The fraction of sp³-hybridized carbons (Fsp3) is 0.750. The highest BCUT2D eigenvalue weighted by Gasteiger charge is 2.30. The number of rotatable bonds is 1. The summed E-state index contributed by atoms with van der Waals surface area (Å²) in [6, 6.07) is 0.202. The molecule has 84 valence electrons. The second-order valence-electron chi connectivity index (χ2n) is 4.44. The number of carbonyl (C=O) groups is 1. The van der Waals surface area contributed by atoms with Crippen LogP contribution in [0.15, 0.2) is 11.6 Å². The maximum atomic E-state index is 12.2. The second-order valence-corrected chi connectivity index (χ2v) is 4.44. The zero-order valence-electron chi connectivity index (χ0n) is 9.53. The van der Waals surface area contributed by atoms with E-state index in [1.165, 1.54) is 0 Å². The SMILES string of the molecule is C[C@@H]1[C@@H](C)OCCN1C(=O)C1=CCCC1. The molecule has 0 aromatic heterocycles. The molecule has 1 fully saturated rings. The van der Waals surface area contributed by atoms with Crippen molar-refractivity contribution in [1.29, 1.82) is 0 Å². The highest BCUT2D eigenvalue weighted by Crippen LogP contribution is 2.23. The van der Waals surface area contributed by atoms with Crippen molar-refractivity contribution in [3.8, 4) is 0 Å². The number of hydrogen-bond acceptors (Lipinski definition) is 2. The van der Waals surface area contributed by atoms with Gasteiger partial charge in [0.05, 0.1) is 18.8 Å². The van der Waals surface area contributed by atoms with E-state index in [1.807, 2.05) is 11.8 Å². The molecule has 0 N–H and O–H groups in total. The molecular formula is C12H19NO2. The summed E-state index contributed by atoms with van der Waals surface area (Å²) in [7, 11) is 0. The molecule has 3 heteroatoms. The Balaban J connectivity index is 2.05. The molecule has 0 bridgehead atoms. The quantitative estimate of drug-likeness (QED) is 0.658. The van der Waals surface area contributed by atoms with Crippen molar-refractivity contribution >= 4 is 5.91 Å². The van der Waals surface area contributed by atoms with Crippen molar-refractivity contribution in [2.75, 3.05) is 13.2 Å². The fourth-order valence-corrected chi connectivity index (χ4v) is 2.27. The zero-order chi connectivity index (χ0) is 10.8. The molecule has 0 spiro atoms. The summed E-state index contributed by atoms with van der Waals surface area (Å²) in [6.45, 7) is 5.51. The van der Waals surface area contributed by atoms with E-state index in [2.05, 4.69) is 13.0 Å². The van der Waals surface area contributed by atoms with Crippen LogP contribution in [0, 0.1) is 0 Å². The summed E-state index contributed by atoms with van der Waals surface area (Å²) in [5.74, 6) is 0.232. The van der Waals surface area contributed by atoms with Crippen LogP contribution in [0.3, 0.4) is 0 Å². The predicted octanol–water partition coefficient (Wildman–Crippen LogP) is 1.73. The summed E-state index contributed by atoms with van der Waals surface area (Å²) in [4.78, 5) is 14.1. The molecule has 0 radical (unpaired) electrons. The van der Waals surface area contributed by atoms with Gasteiger partial charge < -0.3 is 9.64 Å². The molecule has 1 aliphatic carbocycles. The minimum absolute atomic E-state index is 0.157. The molecule has 1 amide bonds. The number of nitrogens with zero attached hydrogens (tertiary/aromatic N) is 1. The van der Waals surface area contributed by atoms with E-state index in [1.54, 1.807) is 0 Å². The van der Waals surface area contributed by atoms with Gasteiger partial charge in [0.25, 0.3) is 0 Å². The third-order valence-corrected chi connectivity index (χ3v) is 3.46. The molecule has 1 saturated heterocycles. The molecule has 0 aromatic rings. The van der Waals surface area contributed by atoms with E-state index in [-0.39, 0.29) is 18.1 Å². The van der Waals surface area contributed by atoms with Crippen molar-refractivity contribution < 1.29 is 9.53 Å². The summed E-state index contributed by atoms with van der Waals surface area (Å²) in [5, 5.41) is 0. The van der Waals surface area contributed by atoms with Gasteiger partial charge in [0.2, 0.25) is 5.91 Å². The van der Waals surface area contributed by atoms with E-state index < -0.39 is 0 Å². The Bertz CT molecular complexity index is 285. The third-order valence-electron chi connectivity index (χ3n) is 3.46. The zero-order valence-corrected chi connectivity index (χ0v) is 9.53. The van der Waals surface area contributed by atoms with Gasteiger partial charge in [-0.05, 0) is 33.1 Å². The van der Waals surface area contributed by atoms with E-state index in [0.29, 0.717) is 6.61 Å². The fourth-order valence-electron chi connectivity index (χ4n) is 2.27. The summed E-state index contributed by atoms with van der Waals surface area (Å²) in [6.07, 6.45) is 5.40. The highest BCUT2D eigenvalue weighted by atomic mass is 16.5. The molecule has 2 aliphatic rings. The average Bonchev–Trinajstić information content (AvgIpc) is 2.74. The van der Waals surface area contributed by atoms with Gasteiger partial charge in [0, 0.05) is 12.1 Å². The molecule has 3 nitrogen and oxygen atoms in total. The normalized spacial score (nSPS) is 31.6. The van der Waals surface area contributed by atoms with Crippen LogP contribution in [0.4, 0.5) is 0 Å². The van der Waals surface area contributed by atoms with Gasteiger partial charge in [-0.1, -0.05) is 6.08 Å². The number of amides is 1. The van der Waals surface area contributed by atoms with Crippen LogP contribution in [0.25, 0.3) is 0 Å². The van der Waals surface area contributed by atoms with Crippen molar-refractivity contribution in [2.45, 2.75) is 45.3 Å². The molecule has 2 atom stereocenters. The number of hydrogen-bond donors (Lipinski definition) is 0. The summed E-state index contributed by atoms with van der Waals surface area (Å²) >= 11 is 0. The Hall–Kier alpha value is -0.830. The maximum absolute atomic E-state index is 12.2. The van der Waals surface area contributed by atoms with E-state index in [9.17, 15) is 4.79 Å². The van der Waals surface area contributed by atoms with Crippen LogP contribution in [0.5, 0.6) is 0 Å². The Kier molecular flexibility index (Phi) is 3.10. The third kappa shape index (κ3) is 2.07. The van der Waals surface area contributed by atoms with Crippen molar-refractivity contribution in [2.24, 2.45) is 0 Å². The average molecular weight is 209 g/mol. The first-order valence-electron chi connectivity index (χ1n) is 5.82.